The van der Waals surface area contributed by atoms with E-state index in [1.807, 2.05) is 25.1 Å². The maximum absolute atomic E-state index is 14.4. The molecule has 47 heavy (non-hydrogen) atoms. The molecule has 3 aliphatic rings. The molecule has 8 atom stereocenters. The molecular weight excluding hydrogens is 670 g/mol. The first kappa shape index (κ1) is 36.8. The third-order valence-corrected chi connectivity index (χ3v) is 10.1. The second-order valence-corrected chi connectivity index (χ2v) is 13.6. The molecule has 2 bridgehead atoms. The first-order valence-corrected chi connectivity index (χ1v) is 17.4. The van der Waals surface area contributed by atoms with Crippen molar-refractivity contribution in [2.75, 3.05) is 40.0 Å². The summed E-state index contributed by atoms with van der Waals surface area (Å²) in [6.07, 6.45) is 4.64. The lowest BCUT2D eigenvalue weighted by Gasteiger charge is -2.37. The number of carbonyl (C=O) groups excluding carboxylic acids is 4. The zero-order chi connectivity index (χ0) is 34.1. The molecule has 0 radical (unpaired) electrons. The van der Waals surface area contributed by atoms with Crippen LogP contribution in [0.3, 0.4) is 0 Å². The first-order chi connectivity index (χ1) is 22.7. The fourth-order valence-corrected chi connectivity index (χ4v) is 8.20. The normalized spacial score (nSPS) is 27.2. The second kappa shape index (κ2) is 16.9. The minimum Gasteiger partial charge on any atom is -0.455 e. The Morgan fingerprint density at radius 2 is 1.98 bits per heavy atom. The number of fused-ring (bicyclic) bond motifs is 1. The second-order valence-electron chi connectivity index (χ2n) is 12.4. The van der Waals surface area contributed by atoms with Gasteiger partial charge in [0, 0.05) is 44.6 Å². The minimum atomic E-state index is -1.26. The Morgan fingerprint density at radius 1 is 1.23 bits per heavy atom. The Balaban J connectivity index is 1.70. The number of carbonyl (C=O) groups is 4. The molecule has 1 aromatic rings. The summed E-state index contributed by atoms with van der Waals surface area (Å²) >= 11 is 3.71. The van der Waals surface area contributed by atoms with Crippen LogP contribution in [-0.2, 0) is 33.4 Å². The monoisotopic (exact) mass is 717 g/mol. The van der Waals surface area contributed by atoms with Crippen molar-refractivity contribution in [2.45, 2.75) is 80.2 Å². The summed E-state index contributed by atoms with van der Waals surface area (Å²) in [5, 5.41) is 12.6. The van der Waals surface area contributed by atoms with E-state index < -0.39 is 47.7 Å². The highest BCUT2D eigenvalue weighted by atomic mass is 79.9. The van der Waals surface area contributed by atoms with Gasteiger partial charge in [-0.3, -0.25) is 19.2 Å². The molecule has 0 aromatic heterocycles. The number of likely N-dealkylation sites (tertiary alicyclic amines) is 1. The Kier molecular flexibility index (Phi) is 13.2. The molecule has 3 heterocycles. The van der Waals surface area contributed by atoms with Gasteiger partial charge < -0.3 is 34.4 Å². The number of aliphatic hydroxyl groups is 1. The molecule has 3 aliphatic heterocycles. The number of nitrogens with one attached hydrogen (secondary N) is 1. The summed E-state index contributed by atoms with van der Waals surface area (Å²) in [5.74, 6) is -3.49. The van der Waals surface area contributed by atoms with Crippen molar-refractivity contribution in [3.63, 3.8) is 0 Å². The average Bonchev–Trinajstić information content (AvgIpc) is 3.66. The highest BCUT2D eigenvalue weighted by molar-refractivity contribution is 9.09. The van der Waals surface area contributed by atoms with Crippen LogP contribution in [0.5, 0.6) is 0 Å². The number of esters is 1. The van der Waals surface area contributed by atoms with E-state index in [0.717, 1.165) is 12.8 Å². The number of benzene rings is 1. The van der Waals surface area contributed by atoms with E-state index in [4.69, 9.17) is 14.2 Å². The molecule has 2 N–H and O–H groups in total. The third-order valence-electron chi connectivity index (χ3n) is 9.30. The van der Waals surface area contributed by atoms with Crippen LogP contribution in [0, 0.1) is 11.8 Å². The first-order valence-electron chi connectivity index (χ1n) is 16.5. The van der Waals surface area contributed by atoms with Crippen LogP contribution in [0.4, 0.5) is 0 Å². The van der Waals surface area contributed by atoms with Gasteiger partial charge in [0.05, 0.1) is 30.6 Å². The number of unbranched alkanes of at least 4 members (excludes halogenated alkanes) is 1. The molecule has 1 aromatic carbocycles. The predicted octanol–water partition coefficient (Wildman–Crippen LogP) is 3.31. The van der Waals surface area contributed by atoms with E-state index in [9.17, 15) is 24.3 Å². The van der Waals surface area contributed by atoms with Gasteiger partial charge in [0.1, 0.15) is 17.7 Å². The lowest BCUT2D eigenvalue weighted by Crippen LogP contribution is -2.57. The number of methoxy groups -OCH3 is 1. The summed E-state index contributed by atoms with van der Waals surface area (Å²) in [6, 6.07) is 7.38. The summed E-state index contributed by atoms with van der Waals surface area (Å²) in [4.78, 5) is 58.7. The van der Waals surface area contributed by atoms with Crippen LogP contribution in [0.2, 0.25) is 0 Å². The molecule has 1 unspecified atom stereocenters. The maximum Gasteiger partial charge on any atom is 0.313 e. The van der Waals surface area contributed by atoms with E-state index in [1.165, 1.54) is 12.0 Å². The van der Waals surface area contributed by atoms with Crippen molar-refractivity contribution in [1.29, 1.82) is 0 Å². The highest BCUT2D eigenvalue weighted by Crippen LogP contribution is 2.60. The Bertz CT molecular complexity index is 1280. The average molecular weight is 719 g/mol. The minimum absolute atomic E-state index is 0.0625. The number of hydrogen-bond acceptors (Lipinski definition) is 8. The Hall–Kier alpha value is -3.06. The SMILES string of the molecule is C=CCCC(=O)N[C@H](COC)[C@H](OC(=O)[C@H]1[C@@H]2O[C@@]3(CC2Br)[C@@H]1C(=O)N(CCCO)[C@@H]3C(=O)N(CC=C)CCCC)c1ccccc1. The molecular formula is C35H48BrN3O8. The van der Waals surface area contributed by atoms with Gasteiger partial charge in [-0.1, -0.05) is 71.8 Å². The summed E-state index contributed by atoms with van der Waals surface area (Å²) < 4.78 is 18.3. The Labute approximate surface area is 285 Å². The molecule has 4 rings (SSSR count). The van der Waals surface area contributed by atoms with E-state index in [1.54, 1.807) is 29.2 Å². The number of aliphatic hydroxyl groups excluding tert-OH is 1. The maximum atomic E-state index is 14.4. The van der Waals surface area contributed by atoms with Gasteiger partial charge in [0.25, 0.3) is 0 Å². The molecule has 0 saturated carbocycles. The lowest BCUT2D eigenvalue weighted by molar-refractivity contribution is -0.163. The van der Waals surface area contributed by atoms with Crippen LogP contribution < -0.4 is 5.32 Å². The number of nitrogens with zero attached hydrogens (tertiary/aromatic N) is 2. The number of alkyl halides is 1. The van der Waals surface area contributed by atoms with Crippen molar-refractivity contribution >= 4 is 39.6 Å². The molecule has 11 nitrogen and oxygen atoms in total. The quantitative estimate of drug-likeness (QED) is 0.127. The predicted molar refractivity (Wildman–Crippen MR) is 179 cm³/mol. The fourth-order valence-electron chi connectivity index (χ4n) is 7.25. The van der Waals surface area contributed by atoms with Gasteiger partial charge in [-0.15, -0.1) is 13.2 Å². The van der Waals surface area contributed by atoms with Gasteiger partial charge in [-0.05, 0) is 31.2 Å². The van der Waals surface area contributed by atoms with Crippen molar-refractivity contribution < 1.29 is 38.5 Å². The van der Waals surface area contributed by atoms with E-state index in [-0.39, 0.29) is 55.1 Å². The molecule has 12 heteroatoms. The van der Waals surface area contributed by atoms with Crippen molar-refractivity contribution in [3.8, 4) is 0 Å². The summed E-state index contributed by atoms with van der Waals surface area (Å²) in [5.41, 5.74) is -0.613. The number of ether oxygens (including phenoxy) is 3. The number of halogens is 1. The van der Waals surface area contributed by atoms with Gasteiger partial charge in [0.15, 0.2) is 0 Å². The van der Waals surface area contributed by atoms with E-state index >= 15 is 0 Å². The van der Waals surface area contributed by atoms with Crippen molar-refractivity contribution in [1.82, 2.24) is 15.1 Å². The topological polar surface area (TPSA) is 135 Å². The van der Waals surface area contributed by atoms with Crippen LogP contribution >= 0.6 is 15.9 Å². The van der Waals surface area contributed by atoms with Crippen LogP contribution in [0.25, 0.3) is 0 Å². The number of hydrogen-bond donors (Lipinski definition) is 2. The standard InChI is InChI=1S/C35H48BrN3O8/c1-5-8-16-26(41)37-25(22-45-4)29(23-14-11-10-12-15-23)46-34(44)27-28-32(42)39(19-13-20-40)31(35(28)21-24(36)30(27)47-35)33(43)38(17-7-3)18-9-6-2/h5,7,10-12,14-15,24-25,27-31,40H,1,3,6,8-9,13,16-22H2,2,4H3,(H,37,41)/t24?,25-,27-,28+,29-,30-,31-,35+/m1/s1. The zero-order valence-electron chi connectivity index (χ0n) is 27.4. The van der Waals surface area contributed by atoms with E-state index in [2.05, 4.69) is 34.4 Å². The molecule has 0 aliphatic carbocycles. The highest BCUT2D eigenvalue weighted by Gasteiger charge is 2.77. The molecule has 258 valence electrons. The van der Waals surface area contributed by atoms with Gasteiger partial charge >= 0.3 is 5.97 Å². The third kappa shape index (κ3) is 7.66. The fraction of sp³-hybridized carbons (Fsp3) is 0.600. The van der Waals surface area contributed by atoms with Crippen LogP contribution in [-0.4, -0.2) is 107 Å². The molecule has 3 fully saturated rings. The molecule has 3 saturated heterocycles. The Morgan fingerprint density at radius 3 is 2.62 bits per heavy atom. The number of amides is 3. The summed E-state index contributed by atoms with van der Waals surface area (Å²) in [6.45, 7) is 10.4. The molecule has 3 amide bonds. The molecule has 1 spiro atoms. The number of allylic oxidation sites excluding steroid dienone is 1. The van der Waals surface area contributed by atoms with Crippen LogP contribution in [0.1, 0.15) is 57.1 Å². The summed E-state index contributed by atoms with van der Waals surface area (Å²) in [7, 11) is 1.50. The van der Waals surface area contributed by atoms with Crippen molar-refractivity contribution in [3.05, 3.63) is 61.2 Å². The zero-order valence-corrected chi connectivity index (χ0v) is 28.9. The van der Waals surface area contributed by atoms with Gasteiger partial charge in [-0.2, -0.15) is 0 Å². The lowest BCUT2D eigenvalue weighted by atomic mass is 9.70. The number of rotatable bonds is 19. The van der Waals surface area contributed by atoms with Gasteiger partial charge in [0.2, 0.25) is 17.7 Å². The largest absolute Gasteiger partial charge is 0.455 e. The smallest absolute Gasteiger partial charge is 0.313 e. The van der Waals surface area contributed by atoms with Gasteiger partial charge in [-0.25, -0.2) is 0 Å². The van der Waals surface area contributed by atoms with Crippen LogP contribution in [0.15, 0.2) is 55.6 Å². The van der Waals surface area contributed by atoms with E-state index in [0.29, 0.717) is 31.5 Å². The van der Waals surface area contributed by atoms with Crippen molar-refractivity contribution in [2.24, 2.45) is 11.8 Å².